The predicted molar refractivity (Wildman–Crippen MR) is 82.3 cm³/mol. The zero-order valence-corrected chi connectivity index (χ0v) is 12.1. The van der Waals surface area contributed by atoms with Gasteiger partial charge in [-0.2, -0.15) is 0 Å². The molecular formula is C15H14N4S. The Kier molecular flexibility index (Phi) is 3.43. The van der Waals surface area contributed by atoms with E-state index in [0.29, 0.717) is 0 Å². The number of nitrogens with zero attached hydrogens (tertiary/aromatic N) is 3. The van der Waals surface area contributed by atoms with Gasteiger partial charge in [0, 0.05) is 17.3 Å². The summed E-state index contributed by atoms with van der Waals surface area (Å²) < 4.78 is 0. The van der Waals surface area contributed by atoms with Crippen LogP contribution >= 0.6 is 11.3 Å². The van der Waals surface area contributed by atoms with Crippen LogP contribution in [0.1, 0.15) is 11.3 Å². The van der Waals surface area contributed by atoms with Crippen molar-refractivity contribution in [2.24, 2.45) is 0 Å². The van der Waals surface area contributed by atoms with Crippen molar-refractivity contribution in [3.63, 3.8) is 0 Å². The monoisotopic (exact) mass is 282 g/mol. The molecule has 4 nitrogen and oxygen atoms in total. The van der Waals surface area contributed by atoms with Crippen molar-refractivity contribution in [1.29, 1.82) is 0 Å². The molecule has 0 amide bonds. The van der Waals surface area contributed by atoms with Crippen LogP contribution in [0.3, 0.4) is 0 Å². The van der Waals surface area contributed by atoms with Crippen LogP contribution in [-0.4, -0.2) is 15.0 Å². The Morgan fingerprint density at radius 1 is 1.05 bits per heavy atom. The summed E-state index contributed by atoms with van der Waals surface area (Å²) in [5.41, 5.74) is 3.94. The lowest BCUT2D eigenvalue weighted by Crippen LogP contribution is -1.93. The van der Waals surface area contributed by atoms with E-state index in [-0.39, 0.29) is 0 Å². The van der Waals surface area contributed by atoms with Crippen LogP contribution in [0, 0.1) is 13.8 Å². The van der Waals surface area contributed by atoms with Crippen molar-refractivity contribution >= 4 is 22.3 Å². The standard InChI is InChI=1S/C15H14N4S/c1-10-6-7-16-14(8-10)19-15-18-13(9-20-15)12-5-3-4-11(2)17-12/h3-9H,1-2H3,(H,16,18,19). The van der Waals surface area contributed by atoms with Crippen molar-refractivity contribution in [3.8, 4) is 11.4 Å². The maximum absolute atomic E-state index is 4.55. The number of pyridine rings is 2. The van der Waals surface area contributed by atoms with Crippen molar-refractivity contribution in [1.82, 2.24) is 15.0 Å². The molecule has 0 aliphatic heterocycles. The summed E-state index contributed by atoms with van der Waals surface area (Å²) in [5, 5.41) is 6.04. The Morgan fingerprint density at radius 3 is 2.75 bits per heavy atom. The summed E-state index contributed by atoms with van der Waals surface area (Å²) in [6.45, 7) is 4.02. The molecule has 0 atom stereocenters. The maximum Gasteiger partial charge on any atom is 0.188 e. The van der Waals surface area contributed by atoms with Gasteiger partial charge in [-0.3, -0.25) is 4.98 Å². The zero-order valence-electron chi connectivity index (χ0n) is 11.3. The molecule has 0 aliphatic carbocycles. The summed E-state index contributed by atoms with van der Waals surface area (Å²) >= 11 is 1.55. The van der Waals surface area contributed by atoms with E-state index in [4.69, 9.17) is 0 Å². The average molecular weight is 282 g/mol. The largest absolute Gasteiger partial charge is 0.316 e. The summed E-state index contributed by atoms with van der Waals surface area (Å²) in [7, 11) is 0. The minimum Gasteiger partial charge on any atom is -0.316 e. The summed E-state index contributed by atoms with van der Waals surface area (Å²) in [6, 6.07) is 9.90. The molecule has 5 heteroatoms. The molecule has 0 aromatic carbocycles. The van der Waals surface area contributed by atoms with Gasteiger partial charge in [-0.05, 0) is 43.7 Å². The number of hydrogen-bond acceptors (Lipinski definition) is 5. The number of aromatic nitrogens is 3. The smallest absolute Gasteiger partial charge is 0.188 e. The number of nitrogens with one attached hydrogen (secondary N) is 1. The highest BCUT2D eigenvalue weighted by Gasteiger charge is 2.06. The summed E-state index contributed by atoms with van der Waals surface area (Å²) in [6.07, 6.45) is 1.79. The van der Waals surface area contributed by atoms with Crippen molar-refractivity contribution in [2.75, 3.05) is 5.32 Å². The van der Waals surface area contributed by atoms with Gasteiger partial charge >= 0.3 is 0 Å². The highest BCUT2D eigenvalue weighted by atomic mass is 32.1. The van der Waals surface area contributed by atoms with E-state index in [0.717, 1.165) is 28.0 Å². The normalized spacial score (nSPS) is 10.5. The van der Waals surface area contributed by atoms with Gasteiger partial charge in [0.25, 0.3) is 0 Å². The fraction of sp³-hybridized carbons (Fsp3) is 0.133. The molecule has 3 rings (SSSR count). The Balaban J connectivity index is 1.84. The fourth-order valence-corrected chi connectivity index (χ4v) is 2.56. The van der Waals surface area contributed by atoms with Gasteiger partial charge in [0.05, 0.1) is 5.69 Å². The van der Waals surface area contributed by atoms with Gasteiger partial charge < -0.3 is 5.32 Å². The van der Waals surface area contributed by atoms with Crippen LogP contribution in [0.25, 0.3) is 11.4 Å². The number of rotatable bonds is 3. The first kappa shape index (κ1) is 12.7. The molecule has 100 valence electrons. The third-order valence-corrected chi connectivity index (χ3v) is 3.56. The first-order valence-electron chi connectivity index (χ1n) is 6.30. The highest BCUT2D eigenvalue weighted by molar-refractivity contribution is 7.14. The summed E-state index contributed by atoms with van der Waals surface area (Å²) in [4.78, 5) is 13.3. The molecule has 0 saturated carbocycles. The Hall–Kier alpha value is -2.27. The molecule has 3 aromatic heterocycles. The second-order valence-electron chi connectivity index (χ2n) is 4.55. The molecule has 0 saturated heterocycles. The van der Waals surface area contributed by atoms with Crippen molar-refractivity contribution < 1.29 is 0 Å². The van der Waals surface area contributed by atoms with Crippen molar-refractivity contribution in [2.45, 2.75) is 13.8 Å². The second-order valence-corrected chi connectivity index (χ2v) is 5.40. The van der Waals surface area contributed by atoms with Crippen LogP contribution in [0.4, 0.5) is 10.9 Å². The topological polar surface area (TPSA) is 50.7 Å². The fourth-order valence-electron chi connectivity index (χ4n) is 1.85. The van der Waals surface area contributed by atoms with Crippen LogP contribution in [-0.2, 0) is 0 Å². The molecule has 20 heavy (non-hydrogen) atoms. The molecule has 0 fully saturated rings. The van der Waals surface area contributed by atoms with Gasteiger partial charge in [-0.1, -0.05) is 6.07 Å². The zero-order chi connectivity index (χ0) is 13.9. The van der Waals surface area contributed by atoms with Gasteiger partial charge in [0.2, 0.25) is 0 Å². The third-order valence-electron chi connectivity index (χ3n) is 2.81. The molecule has 3 aromatic rings. The molecule has 3 heterocycles. The molecule has 0 radical (unpaired) electrons. The van der Waals surface area contributed by atoms with Crippen LogP contribution in [0.5, 0.6) is 0 Å². The van der Waals surface area contributed by atoms with E-state index in [1.165, 1.54) is 5.56 Å². The van der Waals surface area contributed by atoms with Crippen LogP contribution in [0.2, 0.25) is 0 Å². The first-order chi connectivity index (χ1) is 9.70. The Labute approximate surface area is 121 Å². The van der Waals surface area contributed by atoms with Gasteiger partial charge in [0.15, 0.2) is 5.13 Å². The lowest BCUT2D eigenvalue weighted by Gasteiger charge is -2.01. The molecule has 0 aliphatic rings. The van der Waals surface area contributed by atoms with E-state index >= 15 is 0 Å². The lowest BCUT2D eigenvalue weighted by atomic mass is 10.3. The Bertz CT molecular complexity index is 736. The number of hydrogen-bond donors (Lipinski definition) is 1. The number of anilines is 2. The SMILES string of the molecule is Cc1ccnc(Nc2nc(-c3cccc(C)n3)cs2)c1. The number of thiazole rings is 1. The minimum absolute atomic E-state index is 0.808. The van der Waals surface area contributed by atoms with E-state index in [2.05, 4.69) is 20.3 Å². The van der Waals surface area contributed by atoms with Gasteiger partial charge in [-0.25, -0.2) is 9.97 Å². The van der Waals surface area contributed by atoms with Crippen LogP contribution < -0.4 is 5.32 Å². The van der Waals surface area contributed by atoms with E-state index in [9.17, 15) is 0 Å². The molecule has 0 bridgehead atoms. The number of aryl methyl sites for hydroxylation is 2. The van der Waals surface area contributed by atoms with Crippen LogP contribution in [0.15, 0.2) is 41.9 Å². The third kappa shape index (κ3) is 2.83. The quantitative estimate of drug-likeness (QED) is 0.790. The van der Waals surface area contributed by atoms with Gasteiger partial charge in [0.1, 0.15) is 11.5 Å². The second kappa shape index (κ2) is 5.38. The molecule has 0 spiro atoms. The van der Waals surface area contributed by atoms with E-state index < -0.39 is 0 Å². The lowest BCUT2D eigenvalue weighted by molar-refractivity contribution is 1.19. The molecule has 1 N–H and O–H groups in total. The average Bonchev–Trinajstić information content (AvgIpc) is 2.87. The predicted octanol–water partition coefficient (Wildman–Crippen LogP) is 3.96. The maximum atomic E-state index is 4.55. The first-order valence-corrected chi connectivity index (χ1v) is 7.18. The van der Waals surface area contributed by atoms with Gasteiger partial charge in [-0.15, -0.1) is 11.3 Å². The summed E-state index contributed by atoms with van der Waals surface area (Å²) in [5.74, 6) is 0.808. The molecule has 0 unspecified atom stereocenters. The van der Waals surface area contributed by atoms with E-state index in [1.54, 1.807) is 17.5 Å². The van der Waals surface area contributed by atoms with E-state index in [1.807, 2.05) is 49.6 Å². The minimum atomic E-state index is 0.808. The Morgan fingerprint density at radius 2 is 1.95 bits per heavy atom. The highest BCUT2D eigenvalue weighted by Crippen LogP contribution is 2.25. The van der Waals surface area contributed by atoms with Crippen molar-refractivity contribution in [3.05, 3.63) is 53.2 Å². The molecular weight excluding hydrogens is 268 g/mol.